The number of ether oxygens (including phenoxy) is 3. The fourth-order valence-corrected chi connectivity index (χ4v) is 2.51. The Labute approximate surface area is 184 Å². The quantitative estimate of drug-likeness (QED) is 0.196. The highest BCUT2D eigenvalue weighted by Crippen LogP contribution is 2.24. The average Bonchev–Trinajstić information content (AvgIpc) is 2.76. The lowest BCUT2D eigenvalue weighted by Gasteiger charge is -2.08. The molecule has 1 N–H and O–H groups in total. The largest absolute Gasteiger partial charge is 0.507 e. The van der Waals surface area contributed by atoms with E-state index >= 15 is 0 Å². The van der Waals surface area contributed by atoms with Crippen LogP contribution in [0.5, 0.6) is 17.2 Å². The molecule has 0 aromatic heterocycles. The first-order valence-corrected chi connectivity index (χ1v) is 10.5. The van der Waals surface area contributed by atoms with Crippen LogP contribution in [0.25, 0.3) is 0 Å². The Morgan fingerprint density at radius 3 is 2.32 bits per heavy atom. The van der Waals surface area contributed by atoms with Gasteiger partial charge < -0.3 is 19.3 Å². The highest BCUT2D eigenvalue weighted by molar-refractivity contribution is 5.87. The third kappa shape index (κ3) is 8.95. The van der Waals surface area contributed by atoms with Gasteiger partial charge in [-0.3, -0.25) is 4.99 Å². The second-order valence-corrected chi connectivity index (χ2v) is 7.15. The second kappa shape index (κ2) is 13.1. The van der Waals surface area contributed by atoms with Crippen LogP contribution in [-0.2, 0) is 9.53 Å². The number of phenolic OH excluding ortho intramolecular Hbond substituents is 1. The van der Waals surface area contributed by atoms with E-state index < -0.39 is 0 Å². The van der Waals surface area contributed by atoms with Crippen molar-refractivity contribution in [1.82, 2.24) is 0 Å². The van der Waals surface area contributed by atoms with E-state index in [1.165, 1.54) is 0 Å². The summed E-state index contributed by atoms with van der Waals surface area (Å²) in [5, 5.41) is 10.2. The van der Waals surface area contributed by atoms with Gasteiger partial charge in [-0.25, -0.2) is 4.79 Å². The molecular weight excluding hydrogens is 394 g/mol. The van der Waals surface area contributed by atoms with Gasteiger partial charge in [0.25, 0.3) is 0 Å². The van der Waals surface area contributed by atoms with Gasteiger partial charge >= 0.3 is 5.97 Å². The average molecular weight is 426 g/mol. The number of nitrogens with zero attached hydrogens (tertiary/aromatic N) is 1. The standard InChI is InChI=1S/C25H31NO5/c1-4-5-14-29-22-12-9-21(10-13-22)26-18-20-8-11-23(17-24(20)27)30-15-6-7-16-31-25(28)19(2)3/h8-13,17-18,27H,2,4-7,14-16H2,1,3H3. The van der Waals surface area contributed by atoms with Crippen LogP contribution in [-0.4, -0.2) is 37.1 Å². The number of esters is 1. The van der Waals surface area contributed by atoms with Gasteiger partial charge in [0.1, 0.15) is 17.2 Å². The molecule has 0 aliphatic heterocycles. The van der Waals surface area contributed by atoms with Crippen LogP contribution in [0.4, 0.5) is 5.69 Å². The summed E-state index contributed by atoms with van der Waals surface area (Å²) in [6, 6.07) is 12.6. The van der Waals surface area contributed by atoms with Crippen LogP contribution in [0.3, 0.4) is 0 Å². The number of unbranched alkanes of at least 4 members (excludes halogenated alkanes) is 2. The zero-order chi connectivity index (χ0) is 22.5. The van der Waals surface area contributed by atoms with Gasteiger partial charge in [0.15, 0.2) is 0 Å². The van der Waals surface area contributed by atoms with Crippen molar-refractivity contribution in [2.75, 3.05) is 19.8 Å². The monoisotopic (exact) mass is 425 g/mol. The summed E-state index contributed by atoms with van der Waals surface area (Å²) in [6.07, 6.45) is 5.16. The first-order chi connectivity index (χ1) is 15.0. The summed E-state index contributed by atoms with van der Waals surface area (Å²) in [4.78, 5) is 15.7. The molecule has 6 heteroatoms. The zero-order valence-electron chi connectivity index (χ0n) is 18.3. The molecule has 2 aromatic rings. The minimum Gasteiger partial charge on any atom is -0.507 e. The maximum absolute atomic E-state index is 11.3. The Hall–Kier alpha value is -3.28. The molecule has 0 heterocycles. The number of benzene rings is 2. The molecule has 0 atom stereocenters. The molecule has 31 heavy (non-hydrogen) atoms. The van der Waals surface area contributed by atoms with Crippen molar-refractivity contribution in [3.8, 4) is 17.2 Å². The molecule has 0 radical (unpaired) electrons. The van der Waals surface area contributed by atoms with Crippen LogP contribution in [0.15, 0.2) is 59.6 Å². The summed E-state index contributed by atoms with van der Waals surface area (Å²) < 4.78 is 16.3. The molecule has 166 valence electrons. The van der Waals surface area contributed by atoms with Crippen molar-refractivity contribution in [3.05, 3.63) is 60.2 Å². The first-order valence-electron chi connectivity index (χ1n) is 10.5. The van der Waals surface area contributed by atoms with E-state index in [2.05, 4.69) is 18.5 Å². The molecule has 0 aliphatic carbocycles. The van der Waals surface area contributed by atoms with E-state index in [-0.39, 0.29) is 11.7 Å². The van der Waals surface area contributed by atoms with Gasteiger partial charge in [0.2, 0.25) is 0 Å². The minimum absolute atomic E-state index is 0.0937. The molecule has 0 fully saturated rings. The van der Waals surface area contributed by atoms with Gasteiger partial charge in [0.05, 0.1) is 25.5 Å². The number of hydrogen-bond donors (Lipinski definition) is 1. The Kier molecular flexibility index (Phi) is 10.1. The molecule has 2 aromatic carbocycles. The van der Waals surface area contributed by atoms with Crippen LogP contribution in [0, 0.1) is 0 Å². The first kappa shape index (κ1) is 24.0. The van der Waals surface area contributed by atoms with E-state index in [0.717, 1.165) is 30.7 Å². The maximum atomic E-state index is 11.3. The molecule has 2 rings (SSSR count). The predicted octanol–water partition coefficient (Wildman–Crippen LogP) is 5.60. The topological polar surface area (TPSA) is 77.4 Å². The Morgan fingerprint density at radius 1 is 1.00 bits per heavy atom. The van der Waals surface area contributed by atoms with Crippen molar-refractivity contribution >= 4 is 17.9 Å². The number of carbonyl (C=O) groups is 1. The van der Waals surface area contributed by atoms with E-state index in [9.17, 15) is 9.90 Å². The van der Waals surface area contributed by atoms with Crippen LogP contribution in [0.2, 0.25) is 0 Å². The molecule has 0 amide bonds. The number of hydrogen-bond acceptors (Lipinski definition) is 6. The van der Waals surface area contributed by atoms with Crippen molar-refractivity contribution < 1.29 is 24.1 Å². The molecular formula is C25H31NO5. The Morgan fingerprint density at radius 2 is 1.65 bits per heavy atom. The summed E-state index contributed by atoms with van der Waals surface area (Å²) in [6.45, 7) is 8.79. The lowest BCUT2D eigenvalue weighted by Crippen LogP contribution is -2.07. The SMILES string of the molecule is C=C(C)C(=O)OCCCCOc1ccc(C=Nc2ccc(OCCCC)cc2)c(O)c1. The van der Waals surface area contributed by atoms with Gasteiger partial charge in [-0.2, -0.15) is 0 Å². The van der Waals surface area contributed by atoms with E-state index in [4.69, 9.17) is 14.2 Å². The van der Waals surface area contributed by atoms with Crippen molar-refractivity contribution in [3.63, 3.8) is 0 Å². The van der Waals surface area contributed by atoms with Gasteiger partial charge in [-0.1, -0.05) is 19.9 Å². The van der Waals surface area contributed by atoms with Gasteiger partial charge in [-0.05, 0) is 62.6 Å². The Balaban J connectivity index is 1.77. The highest BCUT2D eigenvalue weighted by Gasteiger charge is 2.04. The fourth-order valence-electron chi connectivity index (χ4n) is 2.51. The summed E-state index contributed by atoms with van der Waals surface area (Å²) >= 11 is 0. The number of aromatic hydroxyl groups is 1. The molecule has 0 saturated carbocycles. The van der Waals surface area contributed by atoms with Gasteiger partial charge in [-0.15, -0.1) is 0 Å². The molecule has 0 bridgehead atoms. The molecule has 0 aliphatic rings. The summed E-state index contributed by atoms with van der Waals surface area (Å²) in [5.41, 5.74) is 1.76. The van der Waals surface area contributed by atoms with Crippen LogP contribution in [0.1, 0.15) is 45.1 Å². The lowest BCUT2D eigenvalue weighted by molar-refractivity contribution is -0.139. The number of rotatable bonds is 13. The van der Waals surface area contributed by atoms with E-state index in [1.54, 1.807) is 31.3 Å². The van der Waals surface area contributed by atoms with Crippen LogP contribution < -0.4 is 9.47 Å². The smallest absolute Gasteiger partial charge is 0.333 e. The number of aliphatic imine (C=N–C) groups is 1. The van der Waals surface area contributed by atoms with Crippen molar-refractivity contribution in [1.29, 1.82) is 0 Å². The Bertz CT molecular complexity index is 874. The number of carbonyl (C=O) groups excluding carboxylic acids is 1. The number of phenols is 1. The van der Waals surface area contributed by atoms with Crippen LogP contribution >= 0.6 is 0 Å². The van der Waals surface area contributed by atoms with Gasteiger partial charge in [0, 0.05) is 23.4 Å². The minimum atomic E-state index is -0.376. The lowest BCUT2D eigenvalue weighted by atomic mass is 10.2. The highest BCUT2D eigenvalue weighted by atomic mass is 16.5. The van der Waals surface area contributed by atoms with Crippen molar-refractivity contribution in [2.24, 2.45) is 4.99 Å². The molecule has 0 saturated heterocycles. The fraction of sp³-hybridized carbons (Fsp3) is 0.360. The predicted molar refractivity (Wildman–Crippen MR) is 123 cm³/mol. The molecule has 0 unspecified atom stereocenters. The second-order valence-electron chi connectivity index (χ2n) is 7.15. The maximum Gasteiger partial charge on any atom is 0.333 e. The zero-order valence-corrected chi connectivity index (χ0v) is 18.3. The molecule has 6 nitrogen and oxygen atoms in total. The van der Waals surface area contributed by atoms with Crippen molar-refractivity contribution in [2.45, 2.75) is 39.5 Å². The van der Waals surface area contributed by atoms with E-state index in [0.29, 0.717) is 43.1 Å². The van der Waals surface area contributed by atoms with E-state index in [1.807, 2.05) is 24.3 Å². The third-order valence-electron chi connectivity index (χ3n) is 4.35. The summed E-state index contributed by atoms with van der Waals surface area (Å²) in [5.74, 6) is 1.11. The summed E-state index contributed by atoms with van der Waals surface area (Å²) in [7, 11) is 0. The normalized spacial score (nSPS) is 10.8. The molecule has 0 spiro atoms. The third-order valence-corrected chi connectivity index (χ3v) is 4.35.